The van der Waals surface area contributed by atoms with Crippen LogP contribution in [-0.2, 0) is 17.6 Å². The van der Waals surface area contributed by atoms with Crippen LogP contribution in [0.3, 0.4) is 0 Å². The SMILES string of the molecule is CCc1nc(N[C@H]2CCc3cccc(Br)c32)ccc1C1=CCN(C(=O)C2CC2)CC1. The zero-order valence-corrected chi connectivity index (χ0v) is 19.0. The van der Waals surface area contributed by atoms with Crippen LogP contribution in [0.4, 0.5) is 5.82 Å². The highest BCUT2D eigenvalue weighted by Crippen LogP contribution is 2.39. The molecule has 1 aromatic carbocycles. The van der Waals surface area contributed by atoms with Gasteiger partial charge in [-0.3, -0.25) is 4.79 Å². The molecule has 1 amide bonds. The van der Waals surface area contributed by atoms with Crippen molar-refractivity contribution in [1.29, 1.82) is 0 Å². The minimum Gasteiger partial charge on any atom is -0.363 e. The van der Waals surface area contributed by atoms with E-state index in [2.05, 4.69) is 64.6 Å². The van der Waals surface area contributed by atoms with E-state index in [9.17, 15) is 4.79 Å². The summed E-state index contributed by atoms with van der Waals surface area (Å²) in [6.45, 7) is 3.74. The van der Waals surface area contributed by atoms with Gasteiger partial charge in [0, 0.05) is 23.5 Å². The van der Waals surface area contributed by atoms with Crippen LogP contribution in [0.15, 0.2) is 40.9 Å². The summed E-state index contributed by atoms with van der Waals surface area (Å²) in [5, 5.41) is 3.67. The zero-order valence-electron chi connectivity index (χ0n) is 17.5. The van der Waals surface area contributed by atoms with E-state index >= 15 is 0 Å². The molecule has 5 rings (SSSR count). The maximum atomic E-state index is 12.3. The Bertz CT molecular complexity index is 1010. The molecule has 0 unspecified atom stereocenters. The van der Waals surface area contributed by atoms with Gasteiger partial charge in [-0.2, -0.15) is 0 Å². The first kappa shape index (κ1) is 19.8. The number of halogens is 1. The van der Waals surface area contributed by atoms with Crippen LogP contribution in [-0.4, -0.2) is 28.9 Å². The quantitative estimate of drug-likeness (QED) is 0.630. The summed E-state index contributed by atoms with van der Waals surface area (Å²) in [6.07, 6.45) is 8.41. The second-order valence-electron chi connectivity index (χ2n) is 8.63. The van der Waals surface area contributed by atoms with E-state index in [0.717, 1.165) is 63.1 Å². The molecule has 30 heavy (non-hydrogen) atoms. The number of rotatable bonds is 5. The molecule has 1 aliphatic heterocycles. The van der Waals surface area contributed by atoms with Crippen molar-refractivity contribution in [2.24, 2.45) is 5.92 Å². The van der Waals surface area contributed by atoms with Crippen LogP contribution >= 0.6 is 15.9 Å². The van der Waals surface area contributed by atoms with Crippen LogP contribution in [0, 0.1) is 5.92 Å². The summed E-state index contributed by atoms with van der Waals surface area (Å²) in [4.78, 5) is 19.3. The van der Waals surface area contributed by atoms with E-state index < -0.39 is 0 Å². The van der Waals surface area contributed by atoms with Crippen molar-refractivity contribution >= 4 is 33.2 Å². The maximum absolute atomic E-state index is 12.3. The van der Waals surface area contributed by atoms with Gasteiger partial charge in [0.1, 0.15) is 5.82 Å². The lowest BCUT2D eigenvalue weighted by Crippen LogP contribution is -2.35. The van der Waals surface area contributed by atoms with Gasteiger partial charge < -0.3 is 10.2 Å². The molecule has 0 radical (unpaired) electrons. The molecular formula is C25H28BrN3O. The van der Waals surface area contributed by atoms with Gasteiger partial charge in [0.05, 0.1) is 11.7 Å². The number of anilines is 1. The van der Waals surface area contributed by atoms with Crippen molar-refractivity contribution in [3.63, 3.8) is 0 Å². The number of benzene rings is 1. The van der Waals surface area contributed by atoms with Crippen LogP contribution in [0.1, 0.15) is 61.0 Å². The molecule has 1 N–H and O–H groups in total. The number of aromatic nitrogens is 1. The Morgan fingerprint density at radius 3 is 2.80 bits per heavy atom. The number of nitrogens with zero attached hydrogens (tertiary/aromatic N) is 2. The normalized spacial score (nSPS) is 20.7. The van der Waals surface area contributed by atoms with Gasteiger partial charge in [0.2, 0.25) is 5.91 Å². The predicted molar refractivity (Wildman–Crippen MR) is 124 cm³/mol. The smallest absolute Gasteiger partial charge is 0.225 e. The highest BCUT2D eigenvalue weighted by atomic mass is 79.9. The Morgan fingerprint density at radius 2 is 2.07 bits per heavy atom. The van der Waals surface area contributed by atoms with E-state index in [1.54, 1.807) is 0 Å². The lowest BCUT2D eigenvalue weighted by Gasteiger charge is -2.27. The molecule has 1 aromatic heterocycles. The molecule has 156 valence electrons. The van der Waals surface area contributed by atoms with Crippen LogP contribution < -0.4 is 5.32 Å². The summed E-state index contributed by atoms with van der Waals surface area (Å²) in [5.74, 6) is 1.60. The third-order valence-electron chi connectivity index (χ3n) is 6.62. The van der Waals surface area contributed by atoms with Gasteiger partial charge in [0.15, 0.2) is 0 Å². The summed E-state index contributed by atoms with van der Waals surface area (Å²) in [6, 6.07) is 11.1. The van der Waals surface area contributed by atoms with E-state index in [0.29, 0.717) is 17.9 Å². The van der Waals surface area contributed by atoms with E-state index in [4.69, 9.17) is 4.98 Å². The molecule has 1 saturated carbocycles. The standard InChI is InChI=1S/C25H28BrN3O/c1-2-21-19(16-12-14-29(15-13-16)25(30)18-6-7-18)9-11-23(27-21)28-22-10-8-17-4-3-5-20(26)24(17)22/h3-5,9,11-12,18,22H,2,6-8,10,13-15H2,1H3,(H,27,28)/t22-/m0/s1. The lowest BCUT2D eigenvalue weighted by atomic mass is 9.96. The number of carbonyl (C=O) groups excluding carboxylic acids is 1. The fraction of sp³-hybridized carbons (Fsp3) is 0.440. The third kappa shape index (κ3) is 3.80. The fourth-order valence-electron chi connectivity index (χ4n) is 4.80. The highest BCUT2D eigenvalue weighted by molar-refractivity contribution is 9.10. The number of hydrogen-bond acceptors (Lipinski definition) is 3. The molecule has 2 aliphatic carbocycles. The number of pyridine rings is 1. The van der Waals surface area contributed by atoms with E-state index in [1.165, 1.54) is 26.7 Å². The minimum absolute atomic E-state index is 0.300. The number of aryl methyl sites for hydroxylation is 2. The number of hydrogen-bond donors (Lipinski definition) is 1. The monoisotopic (exact) mass is 465 g/mol. The van der Waals surface area contributed by atoms with Gasteiger partial charge in [-0.15, -0.1) is 0 Å². The molecule has 0 saturated heterocycles. The maximum Gasteiger partial charge on any atom is 0.225 e. The van der Waals surface area contributed by atoms with Crippen molar-refractivity contribution in [3.8, 4) is 0 Å². The summed E-state index contributed by atoms with van der Waals surface area (Å²) in [5.41, 5.74) is 6.51. The Hall–Kier alpha value is -2.14. The number of fused-ring (bicyclic) bond motifs is 1. The molecule has 5 heteroatoms. The third-order valence-corrected chi connectivity index (χ3v) is 7.31. The highest BCUT2D eigenvalue weighted by Gasteiger charge is 2.34. The molecule has 3 aliphatic rings. The first-order valence-electron chi connectivity index (χ1n) is 11.2. The van der Waals surface area contributed by atoms with Crippen LogP contribution in [0.25, 0.3) is 5.57 Å². The average Bonchev–Trinajstić information content (AvgIpc) is 3.55. The van der Waals surface area contributed by atoms with Crippen LogP contribution in [0.5, 0.6) is 0 Å². The van der Waals surface area contributed by atoms with Gasteiger partial charge in [-0.1, -0.05) is 41.1 Å². The van der Waals surface area contributed by atoms with E-state index in [1.807, 2.05) is 4.90 Å². The summed E-state index contributed by atoms with van der Waals surface area (Å²) >= 11 is 3.72. The van der Waals surface area contributed by atoms with Crippen molar-refractivity contribution in [2.75, 3.05) is 18.4 Å². The van der Waals surface area contributed by atoms with Gasteiger partial charge >= 0.3 is 0 Å². The number of nitrogens with one attached hydrogen (secondary N) is 1. The molecule has 1 atom stereocenters. The van der Waals surface area contributed by atoms with E-state index in [-0.39, 0.29) is 0 Å². The zero-order chi connectivity index (χ0) is 20.7. The molecule has 4 nitrogen and oxygen atoms in total. The first-order valence-corrected chi connectivity index (χ1v) is 11.9. The van der Waals surface area contributed by atoms with Gasteiger partial charge in [-0.25, -0.2) is 4.98 Å². The Balaban J connectivity index is 1.33. The second-order valence-corrected chi connectivity index (χ2v) is 9.48. The molecule has 0 spiro atoms. The summed E-state index contributed by atoms with van der Waals surface area (Å²) in [7, 11) is 0. The second kappa shape index (κ2) is 8.18. The van der Waals surface area contributed by atoms with Crippen molar-refractivity contribution < 1.29 is 4.79 Å². The Morgan fingerprint density at radius 1 is 1.20 bits per heavy atom. The summed E-state index contributed by atoms with van der Waals surface area (Å²) < 4.78 is 1.18. The molecule has 1 fully saturated rings. The Kier molecular flexibility index (Phi) is 5.40. The van der Waals surface area contributed by atoms with Gasteiger partial charge in [-0.05, 0) is 79.0 Å². The van der Waals surface area contributed by atoms with Crippen LogP contribution in [0.2, 0.25) is 0 Å². The topological polar surface area (TPSA) is 45.2 Å². The first-order chi connectivity index (χ1) is 14.6. The van der Waals surface area contributed by atoms with Crippen molar-refractivity contribution in [1.82, 2.24) is 9.88 Å². The van der Waals surface area contributed by atoms with Gasteiger partial charge in [0.25, 0.3) is 0 Å². The predicted octanol–water partition coefficient (Wildman–Crippen LogP) is 5.53. The molecule has 2 heterocycles. The molecular weight excluding hydrogens is 438 g/mol. The van der Waals surface area contributed by atoms with Crippen molar-refractivity contribution in [3.05, 3.63) is 63.3 Å². The molecule has 0 bridgehead atoms. The number of carbonyl (C=O) groups is 1. The largest absolute Gasteiger partial charge is 0.363 e. The lowest BCUT2D eigenvalue weighted by molar-refractivity contribution is -0.132. The molecule has 2 aromatic rings. The fourth-order valence-corrected chi connectivity index (χ4v) is 5.49. The van der Waals surface area contributed by atoms with Crippen molar-refractivity contribution in [2.45, 2.75) is 51.5 Å². The average molecular weight is 466 g/mol. The number of amides is 1. The Labute approximate surface area is 186 Å². The minimum atomic E-state index is 0.300.